The van der Waals surface area contributed by atoms with Gasteiger partial charge in [0, 0.05) is 26.2 Å². The number of halogens is 3. The van der Waals surface area contributed by atoms with Gasteiger partial charge in [0.15, 0.2) is 0 Å². The summed E-state index contributed by atoms with van der Waals surface area (Å²) in [7, 11) is 0. The molecule has 0 saturated heterocycles. The molecular formula is C10H21F3N2O. The predicted molar refractivity (Wildman–Crippen MR) is 57.5 cm³/mol. The van der Waals surface area contributed by atoms with Crippen LogP contribution in [0.3, 0.4) is 0 Å². The van der Waals surface area contributed by atoms with Crippen molar-refractivity contribution in [3.63, 3.8) is 0 Å². The van der Waals surface area contributed by atoms with E-state index in [1.54, 1.807) is 6.92 Å². The quantitative estimate of drug-likeness (QED) is 0.620. The van der Waals surface area contributed by atoms with Gasteiger partial charge < -0.3 is 10.1 Å². The zero-order valence-corrected chi connectivity index (χ0v) is 9.94. The van der Waals surface area contributed by atoms with Crippen LogP contribution in [0.1, 0.15) is 13.8 Å². The van der Waals surface area contributed by atoms with E-state index in [1.165, 1.54) is 4.90 Å². The molecular weight excluding hydrogens is 221 g/mol. The van der Waals surface area contributed by atoms with E-state index in [1.807, 2.05) is 6.92 Å². The molecule has 6 heteroatoms. The van der Waals surface area contributed by atoms with Crippen molar-refractivity contribution in [2.75, 3.05) is 45.9 Å². The second kappa shape index (κ2) is 8.78. The average Bonchev–Trinajstić information content (AvgIpc) is 2.19. The molecule has 0 saturated carbocycles. The molecule has 0 unspecified atom stereocenters. The summed E-state index contributed by atoms with van der Waals surface area (Å²) in [4.78, 5) is 1.37. The largest absolute Gasteiger partial charge is 0.401 e. The van der Waals surface area contributed by atoms with Crippen molar-refractivity contribution >= 4 is 0 Å². The van der Waals surface area contributed by atoms with Crippen molar-refractivity contribution < 1.29 is 17.9 Å². The van der Waals surface area contributed by atoms with Gasteiger partial charge in [0.25, 0.3) is 0 Å². The Balaban J connectivity index is 3.48. The van der Waals surface area contributed by atoms with Gasteiger partial charge in [0.2, 0.25) is 0 Å². The van der Waals surface area contributed by atoms with Crippen molar-refractivity contribution in [2.24, 2.45) is 0 Å². The van der Waals surface area contributed by atoms with Gasteiger partial charge in [-0.2, -0.15) is 13.2 Å². The van der Waals surface area contributed by atoms with E-state index in [-0.39, 0.29) is 0 Å². The molecule has 0 rings (SSSR count). The highest BCUT2D eigenvalue weighted by Crippen LogP contribution is 2.15. The van der Waals surface area contributed by atoms with E-state index >= 15 is 0 Å². The van der Waals surface area contributed by atoms with Crippen LogP contribution in [0.5, 0.6) is 0 Å². The standard InChI is InChI=1S/C10H21F3N2O/c1-3-15(9-10(11,12)13)7-5-14-6-8-16-4-2/h14H,3-9H2,1-2H3. The van der Waals surface area contributed by atoms with E-state index in [9.17, 15) is 13.2 Å². The maximum absolute atomic E-state index is 12.1. The fourth-order valence-electron chi connectivity index (χ4n) is 1.25. The van der Waals surface area contributed by atoms with Gasteiger partial charge in [-0.15, -0.1) is 0 Å². The lowest BCUT2D eigenvalue weighted by Crippen LogP contribution is -2.39. The minimum atomic E-state index is -4.11. The minimum Gasteiger partial charge on any atom is -0.380 e. The van der Waals surface area contributed by atoms with Crippen LogP contribution in [-0.2, 0) is 4.74 Å². The molecule has 0 aliphatic carbocycles. The molecule has 0 amide bonds. The number of hydrogen-bond acceptors (Lipinski definition) is 3. The topological polar surface area (TPSA) is 24.5 Å². The zero-order valence-electron chi connectivity index (χ0n) is 9.94. The molecule has 0 aromatic heterocycles. The lowest BCUT2D eigenvalue weighted by molar-refractivity contribution is -0.145. The van der Waals surface area contributed by atoms with E-state index in [0.29, 0.717) is 39.4 Å². The molecule has 0 atom stereocenters. The third kappa shape index (κ3) is 10.2. The SMILES string of the molecule is CCOCCNCCN(CC)CC(F)(F)F. The highest BCUT2D eigenvalue weighted by Gasteiger charge is 2.29. The lowest BCUT2D eigenvalue weighted by Gasteiger charge is -2.21. The Morgan fingerprint density at radius 2 is 1.88 bits per heavy atom. The molecule has 0 aromatic rings. The molecule has 0 bridgehead atoms. The molecule has 0 heterocycles. The van der Waals surface area contributed by atoms with Gasteiger partial charge in [0.05, 0.1) is 13.2 Å². The molecule has 0 radical (unpaired) electrons. The van der Waals surface area contributed by atoms with Crippen molar-refractivity contribution in [3.8, 4) is 0 Å². The van der Waals surface area contributed by atoms with E-state index < -0.39 is 12.7 Å². The number of nitrogens with zero attached hydrogens (tertiary/aromatic N) is 1. The Labute approximate surface area is 94.9 Å². The Hall–Kier alpha value is -0.330. The van der Waals surface area contributed by atoms with Crippen molar-refractivity contribution in [3.05, 3.63) is 0 Å². The van der Waals surface area contributed by atoms with Gasteiger partial charge in [-0.05, 0) is 13.5 Å². The summed E-state index contributed by atoms with van der Waals surface area (Å²) in [6.45, 7) is 6.10. The van der Waals surface area contributed by atoms with Crippen LogP contribution in [0.4, 0.5) is 13.2 Å². The summed E-state index contributed by atoms with van der Waals surface area (Å²) in [6.07, 6.45) is -4.11. The first-order chi connectivity index (χ1) is 7.49. The summed E-state index contributed by atoms with van der Waals surface area (Å²) in [5.41, 5.74) is 0. The van der Waals surface area contributed by atoms with Gasteiger partial charge >= 0.3 is 6.18 Å². The maximum Gasteiger partial charge on any atom is 0.401 e. The lowest BCUT2D eigenvalue weighted by atomic mass is 10.4. The van der Waals surface area contributed by atoms with Gasteiger partial charge in [-0.3, -0.25) is 4.90 Å². The van der Waals surface area contributed by atoms with Crippen molar-refractivity contribution in [2.45, 2.75) is 20.0 Å². The average molecular weight is 242 g/mol. The molecule has 3 nitrogen and oxygen atoms in total. The van der Waals surface area contributed by atoms with Crippen LogP contribution < -0.4 is 5.32 Å². The van der Waals surface area contributed by atoms with Gasteiger partial charge in [0.1, 0.15) is 0 Å². The summed E-state index contributed by atoms with van der Waals surface area (Å²) in [5.74, 6) is 0. The molecule has 0 aromatic carbocycles. The summed E-state index contributed by atoms with van der Waals surface area (Å²) in [6, 6.07) is 0. The van der Waals surface area contributed by atoms with E-state index in [4.69, 9.17) is 4.74 Å². The first kappa shape index (κ1) is 15.7. The first-order valence-corrected chi connectivity index (χ1v) is 5.57. The second-order valence-corrected chi connectivity index (χ2v) is 3.43. The third-order valence-electron chi connectivity index (χ3n) is 2.08. The highest BCUT2D eigenvalue weighted by atomic mass is 19.4. The Morgan fingerprint density at radius 1 is 1.19 bits per heavy atom. The third-order valence-corrected chi connectivity index (χ3v) is 2.08. The molecule has 0 aliphatic heterocycles. The Bertz CT molecular complexity index is 165. The highest BCUT2D eigenvalue weighted by molar-refractivity contribution is 4.63. The minimum absolute atomic E-state index is 0.405. The smallest absolute Gasteiger partial charge is 0.380 e. The monoisotopic (exact) mass is 242 g/mol. The Morgan fingerprint density at radius 3 is 2.38 bits per heavy atom. The van der Waals surface area contributed by atoms with Crippen molar-refractivity contribution in [1.82, 2.24) is 10.2 Å². The number of alkyl halides is 3. The maximum atomic E-state index is 12.1. The van der Waals surface area contributed by atoms with Crippen LogP contribution in [0, 0.1) is 0 Å². The molecule has 0 fully saturated rings. The molecule has 98 valence electrons. The molecule has 0 spiro atoms. The van der Waals surface area contributed by atoms with E-state index in [2.05, 4.69) is 5.32 Å². The number of likely N-dealkylation sites (N-methyl/N-ethyl adjacent to an activating group) is 1. The number of hydrogen-bond donors (Lipinski definition) is 1. The predicted octanol–water partition coefficient (Wildman–Crippen LogP) is 1.50. The van der Waals surface area contributed by atoms with Gasteiger partial charge in [-0.25, -0.2) is 0 Å². The Kier molecular flexibility index (Phi) is 8.60. The van der Waals surface area contributed by atoms with E-state index in [0.717, 1.165) is 0 Å². The zero-order chi connectivity index (χ0) is 12.4. The van der Waals surface area contributed by atoms with Crippen LogP contribution in [0.2, 0.25) is 0 Å². The van der Waals surface area contributed by atoms with Crippen molar-refractivity contribution in [1.29, 1.82) is 0 Å². The van der Waals surface area contributed by atoms with Gasteiger partial charge in [-0.1, -0.05) is 6.92 Å². The first-order valence-electron chi connectivity index (χ1n) is 5.57. The molecule has 0 aliphatic rings. The summed E-state index contributed by atoms with van der Waals surface area (Å²) < 4.78 is 41.4. The number of nitrogens with one attached hydrogen (secondary N) is 1. The van der Waals surface area contributed by atoms with Crippen LogP contribution >= 0.6 is 0 Å². The number of ether oxygens (including phenoxy) is 1. The van der Waals surface area contributed by atoms with Crippen LogP contribution in [0.25, 0.3) is 0 Å². The molecule has 16 heavy (non-hydrogen) atoms. The summed E-state index contributed by atoms with van der Waals surface area (Å²) >= 11 is 0. The van der Waals surface area contributed by atoms with Crippen LogP contribution in [-0.4, -0.2) is 57.0 Å². The summed E-state index contributed by atoms with van der Waals surface area (Å²) in [5, 5.41) is 3.04. The number of rotatable bonds is 9. The van der Waals surface area contributed by atoms with Crippen LogP contribution in [0.15, 0.2) is 0 Å². The second-order valence-electron chi connectivity index (χ2n) is 3.43. The fraction of sp³-hybridized carbons (Fsp3) is 1.00. The normalized spacial score (nSPS) is 12.4. The fourth-order valence-corrected chi connectivity index (χ4v) is 1.25. The molecule has 1 N–H and O–H groups in total.